The average molecular weight is 458 g/mol. The van der Waals surface area contributed by atoms with Crippen LogP contribution in [0.25, 0.3) is 6.08 Å². The third-order valence-corrected chi connectivity index (χ3v) is 4.98. The first-order valence-electron chi connectivity index (χ1n) is 9.47. The van der Waals surface area contributed by atoms with Crippen molar-refractivity contribution in [3.05, 3.63) is 29.8 Å². The van der Waals surface area contributed by atoms with Crippen LogP contribution in [0.3, 0.4) is 0 Å². The van der Waals surface area contributed by atoms with Crippen LogP contribution in [0.5, 0.6) is 11.5 Å². The van der Waals surface area contributed by atoms with E-state index in [2.05, 4.69) is 0 Å². The van der Waals surface area contributed by atoms with Gasteiger partial charge in [0.05, 0.1) is 23.7 Å². The highest BCUT2D eigenvalue weighted by atomic mass is 32.1. The van der Waals surface area contributed by atoms with Crippen LogP contribution in [0.4, 0.5) is 0 Å². The van der Waals surface area contributed by atoms with E-state index in [1.165, 1.54) is 31.2 Å². The standard InChI is InChI=1S/C20H26O10S/c1-10(29-18-7-14(24)20(27)15(8-21)30-18)19(26)16(31)9-28-17(25)5-3-11-2-4-12(22)13(23)6-11/h2-6,10,14-15,18-24,26-27H,7-9H2,1H3/b5-3+/t10?,14?,15?,18-,19?,20+/m1/s1. The molecule has 1 aliphatic heterocycles. The smallest absolute Gasteiger partial charge is 0.331 e. The molecule has 6 atom stereocenters. The summed E-state index contributed by atoms with van der Waals surface area (Å²) >= 11 is 5.07. The van der Waals surface area contributed by atoms with Crippen molar-refractivity contribution in [2.45, 2.75) is 50.2 Å². The van der Waals surface area contributed by atoms with E-state index in [0.29, 0.717) is 5.56 Å². The zero-order valence-electron chi connectivity index (χ0n) is 16.7. The van der Waals surface area contributed by atoms with E-state index in [-0.39, 0.29) is 29.4 Å². The summed E-state index contributed by atoms with van der Waals surface area (Å²) in [6.45, 7) is 0.631. The van der Waals surface area contributed by atoms with Crippen molar-refractivity contribution in [1.29, 1.82) is 0 Å². The number of aromatic hydroxyl groups is 2. The van der Waals surface area contributed by atoms with E-state index in [1.54, 1.807) is 0 Å². The van der Waals surface area contributed by atoms with E-state index in [0.717, 1.165) is 6.08 Å². The van der Waals surface area contributed by atoms with Crippen LogP contribution >= 0.6 is 12.2 Å². The SMILES string of the molecule is CC(O[C@H]1CC(O)[C@H](O)C(CO)O1)C(O)C(=S)COC(=O)/C=C/c1ccc(O)c(O)c1. The van der Waals surface area contributed by atoms with E-state index < -0.39 is 49.4 Å². The molecule has 0 bridgehead atoms. The van der Waals surface area contributed by atoms with E-state index in [9.17, 15) is 35.4 Å². The number of esters is 1. The maximum atomic E-state index is 11.8. The lowest BCUT2D eigenvalue weighted by atomic mass is 10.0. The second kappa shape index (κ2) is 11.5. The molecule has 1 aliphatic rings. The Hall–Kier alpha value is -2.12. The summed E-state index contributed by atoms with van der Waals surface area (Å²) < 4.78 is 15.8. The summed E-state index contributed by atoms with van der Waals surface area (Å²) in [6, 6.07) is 4.01. The molecule has 0 aliphatic carbocycles. The summed E-state index contributed by atoms with van der Waals surface area (Å²) in [5, 5.41) is 57.7. The Bertz CT molecular complexity index is 798. The maximum absolute atomic E-state index is 11.8. The van der Waals surface area contributed by atoms with Gasteiger partial charge in [-0.1, -0.05) is 18.3 Å². The molecule has 1 heterocycles. The number of phenols is 2. The second-order valence-corrected chi connectivity index (χ2v) is 7.55. The van der Waals surface area contributed by atoms with Gasteiger partial charge in [-0.05, 0) is 30.7 Å². The fourth-order valence-corrected chi connectivity index (χ4v) is 3.06. The summed E-state index contributed by atoms with van der Waals surface area (Å²) in [5.74, 6) is -1.36. The van der Waals surface area contributed by atoms with Crippen molar-refractivity contribution in [2.75, 3.05) is 13.2 Å². The highest BCUT2D eigenvalue weighted by Crippen LogP contribution is 2.25. The molecule has 6 N–H and O–H groups in total. The van der Waals surface area contributed by atoms with Gasteiger partial charge in [0.25, 0.3) is 0 Å². The van der Waals surface area contributed by atoms with Gasteiger partial charge in [-0.15, -0.1) is 0 Å². The minimum absolute atomic E-state index is 0.00775. The van der Waals surface area contributed by atoms with Crippen LogP contribution in [0.15, 0.2) is 24.3 Å². The quantitative estimate of drug-likeness (QED) is 0.124. The van der Waals surface area contributed by atoms with Gasteiger partial charge in [-0.2, -0.15) is 0 Å². The number of ether oxygens (including phenoxy) is 3. The van der Waals surface area contributed by atoms with Gasteiger partial charge in [-0.25, -0.2) is 4.79 Å². The highest BCUT2D eigenvalue weighted by Gasteiger charge is 2.38. The van der Waals surface area contributed by atoms with Gasteiger partial charge < -0.3 is 44.8 Å². The Morgan fingerprint density at radius 3 is 2.68 bits per heavy atom. The van der Waals surface area contributed by atoms with Gasteiger partial charge in [0, 0.05) is 12.5 Å². The number of carbonyl (C=O) groups is 1. The minimum atomic E-state index is -1.29. The van der Waals surface area contributed by atoms with Gasteiger partial charge in [0.2, 0.25) is 0 Å². The van der Waals surface area contributed by atoms with Crippen LogP contribution in [0.1, 0.15) is 18.9 Å². The molecular formula is C20H26O10S. The third kappa shape index (κ3) is 7.21. The number of hydrogen-bond donors (Lipinski definition) is 6. The molecule has 10 nitrogen and oxygen atoms in total. The van der Waals surface area contributed by atoms with Crippen molar-refractivity contribution in [3.63, 3.8) is 0 Å². The molecular weight excluding hydrogens is 432 g/mol. The van der Waals surface area contributed by atoms with Crippen molar-refractivity contribution >= 4 is 29.1 Å². The average Bonchev–Trinajstić information content (AvgIpc) is 2.74. The maximum Gasteiger partial charge on any atom is 0.331 e. The molecule has 1 aromatic carbocycles. The molecule has 0 radical (unpaired) electrons. The Kier molecular flexibility index (Phi) is 9.32. The predicted molar refractivity (Wildman–Crippen MR) is 111 cm³/mol. The number of aliphatic hydroxyl groups excluding tert-OH is 4. The Balaban J connectivity index is 1.81. The fourth-order valence-electron chi connectivity index (χ4n) is 2.81. The van der Waals surface area contributed by atoms with E-state index >= 15 is 0 Å². The summed E-state index contributed by atoms with van der Waals surface area (Å²) in [4.78, 5) is 11.8. The van der Waals surface area contributed by atoms with Crippen LogP contribution in [-0.2, 0) is 19.0 Å². The molecule has 4 unspecified atom stereocenters. The Morgan fingerprint density at radius 2 is 2.03 bits per heavy atom. The molecule has 1 saturated heterocycles. The van der Waals surface area contributed by atoms with Crippen LogP contribution < -0.4 is 0 Å². The lowest BCUT2D eigenvalue weighted by molar-refractivity contribution is -0.272. The lowest BCUT2D eigenvalue weighted by Crippen LogP contribution is -2.52. The normalized spacial score (nSPS) is 25.8. The van der Waals surface area contributed by atoms with E-state index in [4.69, 9.17) is 26.4 Å². The largest absolute Gasteiger partial charge is 0.504 e. The van der Waals surface area contributed by atoms with Crippen molar-refractivity contribution < 1.29 is 49.6 Å². The topological polar surface area (TPSA) is 166 Å². The number of benzene rings is 1. The number of rotatable bonds is 9. The summed E-state index contributed by atoms with van der Waals surface area (Å²) in [5.41, 5.74) is 0.456. The predicted octanol–water partition coefficient (Wildman–Crippen LogP) is -0.381. The first kappa shape index (κ1) is 25.1. The van der Waals surface area contributed by atoms with Gasteiger partial charge >= 0.3 is 5.97 Å². The third-order valence-electron chi connectivity index (χ3n) is 4.62. The molecule has 2 rings (SSSR count). The molecule has 0 amide bonds. The zero-order valence-corrected chi connectivity index (χ0v) is 17.5. The molecule has 0 saturated carbocycles. The molecule has 0 aromatic heterocycles. The van der Waals surface area contributed by atoms with Crippen molar-refractivity contribution in [2.24, 2.45) is 0 Å². The zero-order chi connectivity index (χ0) is 23.1. The molecule has 1 fully saturated rings. The molecule has 11 heteroatoms. The Labute approximate surface area is 183 Å². The number of phenolic OH excluding ortho intramolecular Hbond substituents is 2. The summed E-state index contributed by atoms with van der Waals surface area (Å²) in [7, 11) is 0. The van der Waals surface area contributed by atoms with Gasteiger partial charge in [-0.3, -0.25) is 0 Å². The number of thiocarbonyl (C=S) groups is 1. The molecule has 0 spiro atoms. The van der Waals surface area contributed by atoms with Crippen LogP contribution in [0, 0.1) is 0 Å². The van der Waals surface area contributed by atoms with E-state index in [1.807, 2.05) is 0 Å². The minimum Gasteiger partial charge on any atom is -0.504 e. The van der Waals surface area contributed by atoms with Crippen LogP contribution in [-0.4, -0.2) is 91.5 Å². The summed E-state index contributed by atoms with van der Waals surface area (Å²) in [6.07, 6.45) is -4.17. The second-order valence-electron chi connectivity index (χ2n) is 7.02. The van der Waals surface area contributed by atoms with Crippen molar-refractivity contribution in [3.8, 4) is 11.5 Å². The molecule has 1 aromatic rings. The monoisotopic (exact) mass is 458 g/mol. The Morgan fingerprint density at radius 1 is 1.32 bits per heavy atom. The molecule has 172 valence electrons. The fraction of sp³-hybridized carbons (Fsp3) is 0.500. The lowest BCUT2D eigenvalue weighted by Gasteiger charge is -2.37. The first-order valence-corrected chi connectivity index (χ1v) is 9.88. The highest BCUT2D eigenvalue weighted by molar-refractivity contribution is 7.80. The van der Waals surface area contributed by atoms with Crippen LogP contribution in [0.2, 0.25) is 0 Å². The van der Waals surface area contributed by atoms with Crippen molar-refractivity contribution in [1.82, 2.24) is 0 Å². The first-order chi connectivity index (χ1) is 14.6. The van der Waals surface area contributed by atoms with Gasteiger partial charge in [0.1, 0.15) is 24.9 Å². The number of carbonyl (C=O) groups excluding carboxylic acids is 1. The number of aliphatic hydroxyl groups is 4. The van der Waals surface area contributed by atoms with Gasteiger partial charge in [0.15, 0.2) is 17.8 Å². The number of hydrogen-bond acceptors (Lipinski definition) is 11. The molecule has 31 heavy (non-hydrogen) atoms.